The fourth-order valence-corrected chi connectivity index (χ4v) is 4.02. The van der Waals surface area contributed by atoms with Gasteiger partial charge in [-0.1, -0.05) is 0 Å². The number of pyridine rings is 1. The van der Waals surface area contributed by atoms with Crippen LogP contribution in [0.5, 0.6) is 5.75 Å². The standard InChI is InChI=1S/C22H24F3N5O2/c1-13(12-31)30-9-3-4-15(11-30)27-21-17-5-2-8-26-19(17)20(28-29-21)16-7-6-14(10-18(16)32)22(23,24)25/h2,5-8,10,13,15,31-32H,3-4,9,11-12H2,1H3,(H,27,29). The SMILES string of the molecule is CC(CO)N1CCCC(Nc2nnc(-c3ccc(C(F)(F)F)cc3O)c3ncccc23)C1. The number of anilines is 1. The molecule has 170 valence electrons. The third kappa shape index (κ3) is 4.46. The average molecular weight is 447 g/mol. The Kier molecular flexibility index (Phi) is 6.16. The molecule has 10 heteroatoms. The Balaban J connectivity index is 1.67. The van der Waals surface area contributed by atoms with Gasteiger partial charge in [0.15, 0.2) is 5.82 Å². The first-order chi connectivity index (χ1) is 15.3. The number of hydrogen-bond acceptors (Lipinski definition) is 7. The van der Waals surface area contributed by atoms with Crippen LogP contribution in [0.4, 0.5) is 19.0 Å². The number of aromatic hydroxyl groups is 1. The summed E-state index contributed by atoms with van der Waals surface area (Å²) in [4.78, 5) is 6.57. The zero-order chi connectivity index (χ0) is 22.9. The van der Waals surface area contributed by atoms with Crippen LogP contribution in [-0.4, -0.2) is 62.1 Å². The lowest BCUT2D eigenvalue weighted by Gasteiger charge is -2.36. The molecule has 0 bridgehead atoms. The van der Waals surface area contributed by atoms with Gasteiger partial charge in [0.25, 0.3) is 0 Å². The van der Waals surface area contributed by atoms with E-state index in [1.165, 1.54) is 6.07 Å². The zero-order valence-corrected chi connectivity index (χ0v) is 17.5. The van der Waals surface area contributed by atoms with Crippen molar-refractivity contribution in [3.63, 3.8) is 0 Å². The topological polar surface area (TPSA) is 94.4 Å². The normalized spacial score (nSPS) is 18.6. The third-order valence-corrected chi connectivity index (χ3v) is 5.80. The Bertz CT molecular complexity index is 1110. The van der Waals surface area contributed by atoms with Crippen molar-refractivity contribution in [1.29, 1.82) is 0 Å². The molecular weight excluding hydrogens is 423 g/mol. The van der Waals surface area contributed by atoms with E-state index in [0.717, 1.165) is 32.0 Å². The number of piperidine rings is 1. The van der Waals surface area contributed by atoms with E-state index in [1.807, 2.05) is 6.92 Å². The molecule has 1 aliphatic rings. The number of phenols is 1. The second-order valence-electron chi connectivity index (χ2n) is 8.04. The van der Waals surface area contributed by atoms with Gasteiger partial charge in [0.05, 0.1) is 12.2 Å². The van der Waals surface area contributed by atoms with E-state index < -0.39 is 17.5 Å². The van der Waals surface area contributed by atoms with Crippen LogP contribution in [0, 0.1) is 0 Å². The van der Waals surface area contributed by atoms with Crippen molar-refractivity contribution in [2.75, 3.05) is 25.0 Å². The lowest BCUT2D eigenvalue weighted by Crippen LogP contribution is -2.47. The number of aliphatic hydroxyl groups excluding tert-OH is 1. The maximum atomic E-state index is 13.0. The summed E-state index contributed by atoms with van der Waals surface area (Å²) in [5.74, 6) is -0.0190. The molecule has 1 saturated heterocycles. The smallest absolute Gasteiger partial charge is 0.416 e. The molecule has 32 heavy (non-hydrogen) atoms. The Morgan fingerprint density at radius 3 is 2.78 bits per heavy atom. The fourth-order valence-electron chi connectivity index (χ4n) is 4.02. The van der Waals surface area contributed by atoms with Gasteiger partial charge in [0.1, 0.15) is 17.0 Å². The Morgan fingerprint density at radius 2 is 2.06 bits per heavy atom. The van der Waals surface area contributed by atoms with E-state index in [4.69, 9.17) is 0 Å². The van der Waals surface area contributed by atoms with E-state index in [2.05, 4.69) is 25.4 Å². The summed E-state index contributed by atoms with van der Waals surface area (Å²) in [6.45, 7) is 3.73. The number of fused-ring (bicyclic) bond motifs is 1. The molecule has 4 rings (SSSR count). The van der Waals surface area contributed by atoms with Crippen LogP contribution >= 0.6 is 0 Å². The minimum absolute atomic E-state index is 0.0640. The average Bonchev–Trinajstić information content (AvgIpc) is 2.78. The van der Waals surface area contributed by atoms with Crippen molar-refractivity contribution in [3.8, 4) is 17.0 Å². The van der Waals surface area contributed by atoms with E-state index in [9.17, 15) is 23.4 Å². The van der Waals surface area contributed by atoms with Gasteiger partial charge in [0.2, 0.25) is 0 Å². The molecule has 0 amide bonds. The highest BCUT2D eigenvalue weighted by atomic mass is 19.4. The van der Waals surface area contributed by atoms with Crippen LogP contribution in [0.3, 0.4) is 0 Å². The molecule has 2 atom stereocenters. The Morgan fingerprint density at radius 1 is 1.25 bits per heavy atom. The number of nitrogens with one attached hydrogen (secondary N) is 1. The number of phenolic OH excluding ortho intramolecular Hbond substituents is 1. The number of likely N-dealkylation sites (tertiary alicyclic amines) is 1. The molecule has 3 heterocycles. The number of rotatable bonds is 5. The largest absolute Gasteiger partial charge is 0.507 e. The number of benzene rings is 1. The van der Waals surface area contributed by atoms with Gasteiger partial charge in [-0.05, 0) is 56.6 Å². The van der Waals surface area contributed by atoms with E-state index in [0.29, 0.717) is 22.8 Å². The van der Waals surface area contributed by atoms with Gasteiger partial charge in [-0.3, -0.25) is 9.88 Å². The minimum Gasteiger partial charge on any atom is -0.507 e. The molecule has 2 aromatic heterocycles. The monoisotopic (exact) mass is 447 g/mol. The summed E-state index contributed by atoms with van der Waals surface area (Å²) < 4.78 is 38.9. The molecule has 1 aromatic carbocycles. The quantitative estimate of drug-likeness (QED) is 0.549. The van der Waals surface area contributed by atoms with E-state index in [-0.39, 0.29) is 29.9 Å². The van der Waals surface area contributed by atoms with Crippen molar-refractivity contribution >= 4 is 16.7 Å². The molecule has 0 radical (unpaired) electrons. The number of alkyl halides is 3. The van der Waals surface area contributed by atoms with Crippen molar-refractivity contribution in [3.05, 3.63) is 42.1 Å². The Hall–Kier alpha value is -2.98. The lowest BCUT2D eigenvalue weighted by atomic mass is 10.0. The molecule has 1 fully saturated rings. The van der Waals surface area contributed by atoms with Gasteiger partial charge < -0.3 is 15.5 Å². The summed E-state index contributed by atoms with van der Waals surface area (Å²) in [6, 6.07) is 6.47. The number of aromatic nitrogens is 3. The Labute approximate surface area is 182 Å². The first kappa shape index (κ1) is 22.2. The van der Waals surface area contributed by atoms with Crippen molar-refractivity contribution in [1.82, 2.24) is 20.1 Å². The van der Waals surface area contributed by atoms with Crippen LogP contribution in [0.1, 0.15) is 25.3 Å². The molecule has 2 unspecified atom stereocenters. The molecular formula is C22H24F3N5O2. The molecule has 7 nitrogen and oxygen atoms in total. The van der Waals surface area contributed by atoms with Gasteiger partial charge in [-0.15, -0.1) is 10.2 Å². The third-order valence-electron chi connectivity index (χ3n) is 5.80. The van der Waals surface area contributed by atoms with Crippen LogP contribution < -0.4 is 5.32 Å². The summed E-state index contributed by atoms with van der Waals surface area (Å²) in [6.07, 6.45) is -1.09. The van der Waals surface area contributed by atoms with Crippen molar-refractivity contribution in [2.24, 2.45) is 0 Å². The summed E-state index contributed by atoms with van der Waals surface area (Å²) in [5.41, 5.74) is -0.185. The van der Waals surface area contributed by atoms with Crippen LogP contribution in [0.25, 0.3) is 22.2 Å². The molecule has 0 saturated carbocycles. The maximum Gasteiger partial charge on any atom is 0.416 e. The van der Waals surface area contributed by atoms with Crippen molar-refractivity contribution < 1.29 is 23.4 Å². The van der Waals surface area contributed by atoms with Gasteiger partial charge in [0, 0.05) is 35.8 Å². The fraction of sp³-hybridized carbons (Fsp3) is 0.409. The second-order valence-corrected chi connectivity index (χ2v) is 8.04. The predicted molar refractivity (Wildman–Crippen MR) is 114 cm³/mol. The number of aliphatic hydroxyl groups is 1. The molecule has 0 spiro atoms. The molecule has 3 aromatic rings. The van der Waals surface area contributed by atoms with Crippen LogP contribution in [0.2, 0.25) is 0 Å². The summed E-state index contributed by atoms with van der Waals surface area (Å²) in [7, 11) is 0. The molecule has 0 aliphatic carbocycles. The molecule has 3 N–H and O–H groups in total. The van der Waals surface area contributed by atoms with Crippen LogP contribution in [-0.2, 0) is 6.18 Å². The second kappa shape index (κ2) is 8.87. The number of nitrogens with zero attached hydrogens (tertiary/aromatic N) is 4. The minimum atomic E-state index is -4.56. The number of halogens is 3. The van der Waals surface area contributed by atoms with Gasteiger partial charge >= 0.3 is 6.18 Å². The highest BCUT2D eigenvalue weighted by Crippen LogP contribution is 2.38. The van der Waals surface area contributed by atoms with E-state index >= 15 is 0 Å². The zero-order valence-electron chi connectivity index (χ0n) is 17.5. The summed E-state index contributed by atoms with van der Waals surface area (Å²) in [5, 5.41) is 32.3. The van der Waals surface area contributed by atoms with Gasteiger partial charge in [-0.25, -0.2) is 0 Å². The van der Waals surface area contributed by atoms with Gasteiger partial charge in [-0.2, -0.15) is 13.2 Å². The first-order valence-corrected chi connectivity index (χ1v) is 10.4. The van der Waals surface area contributed by atoms with E-state index in [1.54, 1.807) is 18.3 Å². The highest BCUT2D eigenvalue weighted by Gasteiger charge is 2.31. The molecule has 1 aliphatic heterocycles. The van der Waals surface area contributed by atoms with Crippen LogP contribution in [0.15, 0.2) is 36.5 Å². The first-order valence-electron chi connectivity index (χ1n) is 10.4. The summed E-state index contributed by atoms with van der Waals surface area (Å²) >= 11 is 0. The number of hydrogen-bond donors (Lipinski definition) is 3. The maximum absolute atomic E-state index is 13.0. The highest BCUT2D eigenvalue weighted by molar-refractivity contribution is 5.98. The van der Waals surface area contributed by atoms with Crippen molar-refractivity contribution in [2.45, 2.75) is 38.0 Å². The predicted octanol–water partition coefficient (Wildman–Crippen LogP) is 3.67. The lowest BCUT2D eigenvalue weighted by molar-refractivity contribution is -0.137.